The Balaban J connectivity index is 2.18. The van der Waals surface area contributed by atoms with Crippen LogP contribution >= 0.6 is 34.8 Å². The Kier molecular flexibility index (Phi) is 7.02. The van der Waals surface area contributed by atoms with Crippen molar-refractivity contribution in [3.63, 3.8) is 0 Å². The maximum Gasteiger partial charge on any atom is 0.343 e. The highest BCUT2D eigenvalue weighted by atomic mass is 35.5. The molecule has 0 spiro atoms. The fourth-order valence-corrected chi connectivity index (χ4v) is 3.28. The predicted octanol–water partition coefficient (Wildman–Crippen LogP) is 4.21. The number of benzene rings is 1. The van der Waals surface area contributed by atoms with E-state index in [1.807, 2.05) is 0 Å². The molecule has 1 heterocycles. The lowest BCUT2D eigenvalue weighted by Crippen LogP contribution is -2.35. The Morgan fingerprint density at radius 2 is 1.71 bits per heavy atom. The number of amides is 1. The van der Waals surface area contributed by atoms with E-state index in [2.05, 4.69) is 0 Å². The molecule has 1 saturated heterocycles. The smallest absolute Gasteiger partial charge is 0.343 e. The minimum Gasteiger partial charge on any atom is -0.481 e. The summed E-state index contributed by atoms with van der Waals surface area (Å²) in [5, 5.41) is 0.173. The molecule has 0 unspecified atom stereocenters. The lowest BCUT2D eigenvalue weighted by atomic mass is 10.2. The van der Waals surface area contributed by atoms with E-state index in [4.69, 9.17) is 44.3 Å². The third kappa shape index (κ3) is 4.47. The third-order valence-electron chi connectivity index (χ3n) is 3.81. The van der Waals surface area contributed by atoms with Gasteiger partial charge in [0.1, 0.15) is 5.56 Å². The summed E-state index contributed by atoms with van der Waals surface area (Å²) in [6, 6.07) is 1.36. The lowest BCUT2D eigenvalue weighted by molar-refractivity contribution is -0.133. The first kappa shape index (κ1) is 19.2. The number of likely N-dealkylation sites (tertiary alicyclic amines) is 1. The molecule has 0 radical (unpaired) electrons. The average molecular weight is 395 g/mol. The number of halogens is 3. The molecule has 0 saturated carbocycles. The van der Waals surface area contributed by atoms with E-state index in [1.165, 1.54) is 13.2 Å². The fraction of sp³-hybridized carbons (Fsp3) is 0.500. The summed E-state index contributed by atoms with van der Waals surface area (Å²) in [4.78, 5) is 26.0. The zero-order valence-corrected chi connectivity index (χ0v) is 15.5. The van der Waals surface area contributed by atoms with Gasteiger partial charge in [0.05, 0.1) is 22.2 Å². The van der Waals surface area contributed by atoms with Gasteiger partial charge in [-0.25, -0.2) is 4.79 Å². The van der Waals surface area contributed by atoms with Crippen LogP contribution in [0, 0.1) is 0 Å². The molecule has 1 aliphatic heterocycles. The van der Waals surface area contributed by atoms with E-state index in [-0.39, 0.29) is 38.9 Å². The van der Waals surface area contributed by atoms with Gasteiger partial charge < -0.3 is 14.4 Å². The molecule has 0 bridgehead atoms. The second-order valence-corrected chi connectivity index (χ2v) is 6.63. The molecule has 0 atom stereocenters. The molecule has 0 aliphatic carbocycles. The van der Waals surface area contributed by atoms with Crippen molar-refractivity contribution in [2.75, 3.05) is 26.8 Å². The van der Waals surface area contributed by atoms with E-state index in [0.717, 1.165) is 25.7 Å². The molecule has 0 N–H and O–H groups in total. The molecule has 24 heavy (non-hydrogen) atoms. The summed E-state index contributed by atoms with van der Waals surface area (Å²) >= 11 is 18.1. The summed E-state index contributed by atoms with van der Waals surface area (Å²) in [7, 11) is 1.21. The minimum atomic E-state index is -0.735. The zero-order valence-electron chi connectivity index (χ0n) is 13.2. The van der Waals surface area contributed by atoms with Crippen LogP contribution < -0.4 is 4.74 Å². The van der Waals surface area contributed by atoms with Gasteiger partial charge >= 0.3 is 5.97 Å². The van der Waals surface area contributed by atoms with Crippen LogP contribution in [0.25, 0.3) is 0 Å². The van der Waals surface area contributed by atoms with Crippen molar-refractivity contribution in [2.24, 2.45) is 0 Å². The van der Waals surface area contributed by atoms with Crippen molar-refractivity contribution in [1.82, 2.24) is 4.90 Å². The van der Waals surface area contributed by atoms with Gasteiger partial charge in [0.15, 0.2) is 12.4 Å². The quantitative estimate of drug-likeness (QED) is 0.567. The number of nitrogens with zero attached hydrogens (tertiary/aromatic N) is 1. The van der Waals surface area contributed by atoms with Crippen molar-refractivity contribution < 1.29 is 19.1 Å². The molecule has 2 rings (SSSR count). The Morgan fingerprint density at radius 3 is 2.29 bits per heavy atom. The van der Waals surface area contributed by atoms with E-state index >= 15 is 0 Å². The number of methoxy groups -OCH3 is 1. The highest BCUT2D eigenvalue weighted by Crippen LogP contribution is 2.39. The first-order chi connectivity index (χ1) is 11.5. The summed E-state index contributed by atoms with van der Waals surface area (Å²) in [5.41, 5.74) is -0.0830. The average Bonchev–Trinajstić information content (AvgIpc) is 2.85. The van der Waals surface area contributed by atoms with Crippen LogP contribution in [0.2, 0.25) is 15.1 Å². The first-order valence-electron chi connectivity index (χ1n) is 7.62. The van der Waals surface area contributed by atoms with E-state index in [0.29, 0.717) is 13.1 Å². The van der Waals surface area contributed by atoms with Gasteiger partial charge in [-0.15, -0.1) is 0 Å². The summed E-state index contributed by atoms with van der Waals surface area (Å²) in [6.07, 6.45) is 4.20. The van der Waals surface area contributed by atoms with Gasteiger partial charge in [-0.05, 0) is 18.9 Å². The maximum atomic E-state index is 12.3. The normalized spacial score (nSPS) is 14.9. The van der Waals surface area contributed by atoms with Crippen molar-refractivity contribution in [1.29, 1.82) is 0 Å². The lowest BCUT2D eigenvalue weighted by Gasteiger charge is -2.21. The van der Waals surface area contributed by atoms with E-state index in [9.17, 15) is 9.59 Å². The molecule has 0 aromatic heterocycles. The maximum absolute atomic E-state index is 12.3. The van der Waals surface area contributed by atoms with Crippen molar-refractivity contribution in [3.8, 4) is 5.75 Å². The molecular formula is C16H18Cl3NO4. The Hall–Kier alpha value is -1.17. The number of hydrogen-bond acceptors (Lipinski definition) is 4. The van der Waals surface area contributed by atoms with Gasteiger partial charge in [-0.3, -0.25) is 4.79 Å². The second-order valence-electron chi connectivity index (χ2n) is 5.43. The molecule has 1 aromatic rings. The number of rotatable bonds is 4. The van der Waals surface area contributed by atoms with Crippen LogP contribution in [0.15, 0.2) is 6.07 Å². The summed E-state index contributed by atoms with van der Waals surface area (Å²) in [5.74, 6) is -0.891. The summed E-state index contributed by atoms with van der Waals surface area (Å²) < 4.78 is 10.2. The van der Waals surface area contributed by atoms with Crippen molar-refractivity contribution >= 4 is 46.7 Å². The molecule has 1 aliphatic rings. The molecule has 5 nitrogen and oxygen atoms in total. The van der Waals surface area contributed by atoms with Gasteiger partial charge in [0.25, 0.3) is 5.91 Å². The Morgan fingerprint density at radius 1 is 1.08 bits per heavy atom. The number of hydrogen-bond donors (Lipinski definition) is 0. The Bertz CT molecular complexity index is 628. The second kappa shape index (κ2) is 8.79. The van der Waals surface area contributed by atoms with Gasteiger partial charge in [0.2, 0.25) is 0 Å². The topological polar surface area (TPSA) is 55.8 Å². The molecule has 132 valence electrons. The SMILES string of the molecule is COC(=O)c1c(Cl)c(Cl)cc(Cl)c1OCC(=O)N1CCCCCC1. The van der Waals surface area contributed by atoms with Crippen LogP contribution in [0.3, 0.4) is 0 Å². The highest BCUT2D eigenvalue weighted by Gasteiger charge is 2.25. The van der Waals surface area contributed by atoms with Crippen LogP contribution in [0.5, 0.6) is 5.75 Å². The minimum absolute atomic E-state index is 0.00101. The predicted molar refractivity (Wildman–Crippen MR) is 93.4 cm³/mol. The number of esters is 1. The number of carbonyl (C=O) groups is 2. The highest BCUT2D eigenvalue weighted by molar-refractivity contribution is 6.45. The molecule has 1 amide bonds. The van der Waals surface area contributed by atoms with Gasteiger partial charge in [-0.2, -0.15) is 0 Å². The molecule has 1 fully saturated rings. The van der Waals surface area contributed by atoms with Crippen LogP contribution in [0.1, 0.15) is 36.0 Å². The standard InChI is InChI=1S/C16H18Cl3NO4/c1-23-16(22)13-14(19)10(17)8-11(18)15(13)24-9-12(21)20-6-4-2-3-5-7-20/h8H,2-7,9H2,1H3. The van der Waals surface area contributed by atoms with E-state index in [1.54, 1.807) is 4.90 Å². The fourth-order valence-electron chi connectivity index (χ4n) is 2.55. The number of carbonyl (C=O) groups excluding carboxylic acids is 2. The molecule has 8 heteroatoms. The molecule has 1 aromatic carbocycles. The van der Waals surface area contributed by atoms with Crippen molar-refractivity contribution in [2.45, 2.75) is 25.7 Å². The van der Waals surface area contributed by atoms with Crippen LogP contribution in [-0.2, 0) is 9.53 Å². The monoisotopic (exact) mass is 393 g/mol. The van der Waals surface area contributed by atoms with Gasteiger partial charge in [0, 0.05) is 13.1 Å². The van der Waals surface area contributed by atoms with Crippen LogP contribution in [0.4, 0.5) is 0 Å². The van der Waals surface area contributed by atoms with E-state index < -0.39 is 5.97 Å². The summed E-state index contributed by atoms with van der Waals surface area (Å²) in [6.45, 7) is 1.18. The number of ether oxygens (including phenoxy) is 2. The van der Waals surface area contributed by atoms with Crippen molar-refractivity contribution in [3.05, 3.63) is 26.7 Å². The van der Waals surface area contributed by atoms with Crippen LogP contribution in [-0.4, -0.2) is 43.6 Å². The largest absolute Gasteiger partial charge is 0.481 e. The first-order valence-corrected chi connectivity index (χ1v) is 8.75. The molecular weight excluding hydrogens is 377 g/mol. The zero-order chi connectivity index (χ0) is 17.7. The Labute approximate surface area is 155 Å². The van der Waals surface area contributed by atoms with Gasteiger partial charge in [-0.1, -0.05) is 47.6 Å². The third-order valence-corrected chi connectivity index (χ3v) is 4.88.